The van der Waals surface area contributed by atoms with Crippen molar-refractivity contribution < 1.29 is 63.3 Å². The molecule has 242 valence electrons. The van der Waals surface area contributed by atoms with Crippen molar-refractivity contribution >= 4 is 18.0 Å². The molecule has 2 aromatic rings. The van der Waals surface area contributed by atoms with E-state index in [9.17, 15) is 49.1 Å². The van der Waals surface area contributed by atoms with Gasteiger partial charge in [0.05, 0.1) is 35.9 Å². The van der Waals surface area contributed by atoms with E-state index in [-0.39, 0.29) is 50.1 Å². The summed E-state index contributed by atoms with van der Waals surface area (Å²) in [6.45, 7) is 2.46. The predicted octanol–water partition coefficient (Wildman–Crippen LogP) is 7.36. The largest absolute Gasteiger partial charge is 0.449 e. The Balaban J connectivity index is 1.76. The van der Waals surface area contributed by atoms with Gasteiger partial charge >= 0.3 is 30.7 Å². The van der Waals surface area contributed by atoms with Gasteiger partial charge in [0.2, 0.25) is 0 Å². The van der Waals surface area contributed by atoms with Gasteiger partial charge in [-0.2, -0.15) is 39.5 Å². The summed E-state index contributed by atoms with van der Waals surface area (Å²) in [5.74, 6) is -0.273. The predicted molar refractivity (Wildman–Crippen MR) is 133 cm³/mol. The number of amides is 2. The average Bonchev–Trinajstić information content (AvgIpc) is 3.21. The molecule has 2 aliphatic rings. The van der Waals surface area contributed by atoms with E-state index in [2.05, 4.69) is 4.98 Å². The quantitative estimate of drug-likeness (QED) is 0.306. The van der Waals surface area contributed by atoms with E-state index < -0.39 is 77.7 Å². The van der Waals surface area contributed by atoms with Crippen LogP contribution in [0.15, 0.2) is 30.5 Å². The standard InChI is InChI=1S/C27H26F9N3O5/c1-3-43-24(41)39(20-4-6-42-7-5-20)22-16(10-19(12-37-22)27(34,35)36)13-38-14(2)21(44-23(38)40)15-8-17(25(28,29)30)11-18(9-15)26(31,32)33/h8-12,14,20-21H,3-7,13H2,1-2H3/t14-,21-/m0/s1. The summed E-state index contributed by atoms with van der Waals surface area (Å²) >= 11 is 0. The summed E-state index contributed by atoms with van der Waals surface area (Å²) in [5, 5.41) is 0. The van der Waals surface area contributed by atoms with Gasteiger partial charge in [0, 0.05) is 31.0 Å². The lowest BCUT2D eigenvalue weighted by Crippen LogP contribution is -2.45. The van der Waals surface area contributed by atoms with Gasteiger partial charge in [0.1, 0.15) is 11.9 Å². The van der Waals surface area contributed by atoms with E-state index in [0.717, 1.165) is 9.80 Å². The maximum absolute atomic E-state index is 13.7. The molecule has 3 heterocycles. The van der Waals surface area contributed by atoms with Crippen molar-refractivity contribution in [2.24, 2.45) is 0 Å². The molecule has 2 atom stereocenters. The fraction of sp³-hybridized carbons (Fsp3) is 0.519. The maximum Gasteiger partial charge on any atom is 0.417 e. The van der Waals surface area contributed by atoms with E-state index in [1.54, 1.807) is 0 Å². The Bertz CT molecular complexity index is 1340. The number of hydrogen-bond acceptors (Lipinski definition) is 6. The highest BCUT2D eigenvalue weighted by molar-refractivity contribution is 5.88. The van der Waals surface area contributed by atoms with Crippen LogP contribution in [0.4, 0.5) is 54.9 Å². The number of benzene rings is 1. The molecule has 8 nitrogen and oxygen atoms in total. The van der Waals surface area contributed by atoms with Crippen molar-refractivity contribution in [3.05, 3.63) is 58.3 Å². The first kappa shape index (κ1) is 33.1. The lowest BCUT2D eigenvalue weighted by molar-refractivity contribution is -0.143. The molecule has 0 N–H and O–H groups in total. The van der Waals surface area contributed by atoms with Crippen LogP contribution in [0.5, 0.6) is 0 Å². The summed E-state index contributed by atoms with van der Waals surface area (Å²) in [6, 6.07) is -0.451. The zero-order valence-corrected chi connectivity index (χ0v) is 23.1. The number of alkyl halides is 9. The molecular formula is C27H26F9N3O5. The highest BCUT2D eigenvalue weighted by Gasteiger charge is 2.44. The van der Waals surface area contributed by atoms with E-state index in [1.165, 1.54) is 13.8 Å². The van der Waals surface area contributed by atoms with Gasteiger partial charge < -0.3 is 14.2 Å². The minimum atomic E-state index is -5.17. The van der Waals surface area contributed by atoms with E-state index in [0.29, 0.717) is 24.4 Å². The topological polar surface area (TPSA) is 81.2 Å². The summed E-state index contributed by atoms with van der Waals surface area (Å²) in [4.78, 5) is 31.8. The molecule has 1 aromatic heterocycles. The molecular weight excluding hydrogens is 617 g/mol. The minimum absolute atomic E-state index is 0.0798. The molecule has 1 aromatic carbocycles. The number of nitrogens with zero attached hydrogens (tertiary/aromatic N) is 3. The van der Waals surface area contributed by atoms with Gasteiger partial charge in [-0.05, 0) is 56.5 Å². The van der Waals surface area contributed by atoms with Gasteiger partial charge in [0.25, 0.3) is 0 Å². The first-order chi connectivity index (χ1) is 20.4. The van der Waals surface area contributed by atoms with Crippen molar-refractivity contribution in [1.29, 1.82) is 0 Å². The smallest absolute Gasteiger partial charge is 0.417 e. The Morgan fingerprint density at radius 2 is 1.52 bits per heavy atom. The van der Waals surface area contributed by atoms with Crippen molar-refractivity contribution in [3.8, 4) is 0 Å². The highest BCUT2D eigenvalue weighted by atomic mass is 19.4. The molecule has 0 unspecified atom stereocenters. The Hall–Kier alpha value is -3.76. The normalized spacial score (nSPS) is 20.1. The highest BCUT2D eigenvalue weighted by Crippen LogP contribution is 2.42. The lowest BCUT2D eigenvalue weighted by Gasteiger charge is -2.34. The van der Waals surface area contributed by atoms with Crippen molar-refractivity contribution in [2.45, 2.75) is 70.0 Å². The fourth-order valence-corrected chi connectivity index (χ4v) is 5.02. The van der Waals surface area contributed by atoms with Crippen LogP contribution in [0, 0.1) is 0 Å². The minimum Gasteiger partial charge on any atom is -0.449 e. The van der Waals surface area contributed by atoms with Crippen LogP contribution in [-0.2, 0) is 39.3 Å². The number of hydrogen-bond donors (Lipinski definition) is 0. The molecule has 2 aliphatic heterocycles. The molecule has 17 heteroatoms. The molecule has 44 heavy (non-hydrogen) atoms. The Morgan fingerprint density at radius 3 is 2.05 bits per heavy atom. The molecule has 2 amide bonds. The molecule has 2 saturated heterocycles. The zero-order chi connectivity index (χ0) is 32.6. The molecule has 0 radical (unpaired) electrons. The molecule has 0 aliphatic carbocycles. The monoisotopic (exact) mass is 643 g/mol. The van der Waals surface area contributed by atoms with E-state index >= 15 is 0 Å². The number of cyclic esters (lactones) is 1. The number of rotatable bonds is 6. The van der Waals surface area contributed by atoms with Crippen LogP contribution < -0.4 is 4.90 Å². The Kier molecular flexibility index (Phi) is 9.28. The van der Waals surface area contributed by atoms with Gasteiger partial charge in [-0.25, -0.2) is 14.6 Å². The fourth-order valence-electron chi connectivity index (χ4n) is 5.02. The number of carbonyl (C=O) groups excluding carboxylic acids is 2. The summed E-state index contributed by atoms with van der Waals surface area (Å²) in [7, 11) is 0. The molecule has 2 fully saturated rings. The molecule has 0 bridgehead atoms. The second kappa shape index (κ2) is 12.3. The van der Waals surface area contributed by atoms with Gasteiger partial charge in [0.15, 0.2) is 0 Å². The molecule has 4 rings (SSSR count). The second-order valence-electron chi connectivity index (χ2n) is 10.1. The summed E-state index contributed by atoms with van der Waals surface area (Å²) in [6.07, 6.45) is -18.0. The van der Waals surface area contributed by atoms with Crippen LogP contribution in [0.3, 0.4) is 0 Å². The van der Waals surface area contributed by atoms with Crippen molar-refractivity contribution in [3.63, 3.8) is 0 Å². The van der Waals surface area contributed by atoms with E-state index in [1.807, 2.05) is 0 Å². The Labute approximate surface area is 244 Å². The van der Waals surface area contributed by atoms with Crippen LogP contribution in [0.25, 0.3) is 0 Å². The van der Waals surface area contributed by atoms with Gasteiger partial charge in [-0.1, -0.05) is 0 Å². The third-order valence-electron chi connectivity index (χ3n) is 7.19. The summed E-state index contributed by atoms with van der Waals surface area (Å²) < 4.78 is 137. The first-order valence-electron chi connectivity index (χ1n) is 13.3. The number of carbonyl (C=O) groups is 2. The van der Waals surface area contributed by atoms with Crippen LogP contribution >= 0.6 is 0 Å². The number of halogens is 9. The second-order valence-corrected chi connectivity index (χ2v) is 10.1. The maximum atomic E-state index is 13.7. The number of anilines is 1. The summed E-state index contributed by atoms with van der Waals surface area (Å²) in [5.41, 5.74) is -5.39. The van der Waals surface area contributed by atoms with Crippen LogP contribution in [-0.4, -0.2) is 54.0 Å². The Morgan fingerprint density at radius 1 is 0.955 bits per heavy atom. The first-order valence-corrected chi connectivity index (χ1v) is 13.3. The van der Waals surface area contributed by atoms with Crippen LogP contribution in [0.1, 0.15) is 60.6 Å². The van der Waals surface area contributed by atoms with E-state index in [4.69, 9.17) is 14.2 Å². The molecule has 0 saturated carbocycles. The van der Waals surface area contributed by atoms with Gasteiger partial charge in [-0.15, -0.1) is 0 Å². The third-order valence-corrected chi connectivity index (χ3v) is 7.19. The van der Waals surface area contributed by atoms with Crippen molar-refractivity contribution in [2.75, 3.05) is 24.7 Å². The average molecular weight is 644 g/mol. The molecule has 0 spiro atoms. The SMILES string of the molecule is CCOC(=O)N(c1ncc(C(F)(F)F)cc1CN1C(=O)O[C@H](c2cc(C(F)(F)F)cc(C(F)(F)F)c2)[C@@H]1C)C1CCOCC1. The number of ether oxygens (including phenoxy) is 3. The van der Waals surface area contributed by atoms with Crippen molar-refractivity contribution in [1.82, 2.24) is 9.88 Å². The third kappa shape index (κ3) is 7.13. The van der Waals surface area contributed by atoms with Crippen LogP contribution in [0.2, 0.25) is 0 Å². The number of aromatic nitrogens is 1. The van der Waals surface area contributed by atoms with Gasteiger partial charge in [-0.3, -0.25) is 9.80 Å². The number of pyridine rings is 1. The lowest BCUT2D eigenvalue weighted by atomic mass is 9.97. The zero-order valence-electron chi connectivity index (χ0n) is 23.1.